The Bertz CT molecular complexity index is 2150. The van der Waals surface area contributed by atoms with Gasteiger partial charge >= 0.3 is 12.1 Å². The monoisotopic (exact) mass is 799 g/mol. The number of phenolic OH excluding ortho intramolecular Hbond substituents is 1. The van der Waals surface area contributed by atoms with Crippen LogP contribution in [0, 0.1) is 5.92 Å². The minimum absolute atomic E-state index is 0.0775. The van der Waals surface area contributed by atoms with Gasteiger partial charge in [-0.05, 0) is 112 Å². The van der Waals surface area contributed by atoms with Gasteiger partial charge in [-0.3, -0.25) is 24.0 Å². The summed E-state index contributed by atoms with van der Waals surface area (Å²) in [5, 5.41) is 26.4. The van der Waals surface area contributed by atoms with E-state index < -0.39 is 60.0 Å². The molecule has 2 unspecified atom stereocenters. The molecule has 0 aliphatic heterocycles. The van der Waals surface area contributed by atoms with Crippen LogP contribution >= 0.6 is 11.6 Å². The number of ketones is 1. The van der Waals surface area contributed by atoms with Crippen LogP contribution in [0.5, 0.6) is 11.5 Å². The third-order valence-corrected chi connectivity index (χ3v) is 9.19. The van der Waals surface area contributed by atoms with E-state index >= 15 is 0 Å². The van der Waals surface area contributed by atoms with E-state index in [1.807, 2.05) is 12.1 Å². The summed E-state index contributed by atoms with van der Waals surface area (Å²) in [5.41, 5.74) is 2.08. The van der Waals surface area contributed by atoms with E-state index in [9.17, 15) is 39.0 Å². The Morgan fingerprint density at radius 3 is 2.04 bits per heavy atom. The number of rotatable bonds is 14. The van der Waals surface area contributed by atoms with Gasteiger partial charge in [-0.1, -0.05) is 54.9 Å². The zero-order chi connectivity index (χ0) is 42.2. The molecule has 0 aliphatic rings. The maximum atomic E-state index is 13.9. The Kier molecular flexibility index (Phi) is 14.2. The van der Waals surface area contributed by atoms with Crippen molar-refractivity contribution in [3.63, 3.8) is 0 Å². The molecule has 300 valence electrons. The Balaban J connectivity index is 1.70. The lowest BCUT2D eigenvalue weighted by Gasteiger charge is -2.29. The summed E-state index contributed by atoms with van der Waals surface area (Å²) in [7, 11) is 1.36. The minimum Gasteiger partial charge on any atom is -0.507 e. The second-order valence-corrected chi connectivity index (χ2v) is 15.1. The zero-order valence-corrected chi connectivity index (χ0v) is 33.5. The molecule has 0 aliphatic carbocycles. The summed E-state index contributed by atoms with van der Waals surface area (Å²) in [6.45, 7) is 8.77. The first kappa shape index (κ1) is 43.5. The van der Waals surface area contributed by atoms with Crippen molar-refractivity contribution < 1.29 is 48.5 Å². The summed E-state index contributed by atoms with van der Waals surface area (Å²) in [6.07, 6.45) is -0.951. The number of carboxylic acid groups (broad SMARTS) is 1. The molecule has 0 fully saturated rings. The van der Waals surface area contributed by atoms with Gasteiger partial charge in [0.05, 0.1) is 18.5 Å². The van der Waals surface area contributed by atoms with E-state index in [4.69, 9.17) is 21.1 Å². The second-order valence-electron chi connectivity index (χ2n) is 14.6. The van der Waals surface area contributed by atoms with Gasteiger partial charge in [0.25, 0.3) is 5.91 Å². The van der Waals surface area contributed by atoms with E-state index in [1.165, 1.54) is 58.2 Å². The van der Waals surface area contributed by atoms with Gasteiger partial charge in [-0.2, -0.15) is 0 Å². The lowest BCUT2D eigenvalue weighted by molar-refractivity contribution is -0.141. The Hall–Kier alpha value is -6.21. The molecular formula is C43H46ClN3O10. The number of carboxylic acids is 1. The van der Waals surface area contributed by atoms with E-state index in [-0.39, 0.29) is 46.0 Å². The number of amides is 3. The van der Waals surface area contributed by atoms with Crippen LogP contribution < -0.4 is 15.4 Å². The van der Waals surface area contributed by atoms with Crippen LogP contribution in [0.25, 0.3) is 22.3 Å². The fourth-order valence-corrected chi connectivity index (χ4v) is 5.80. The zero-order valence-electron chi connectivity index (χ0n) is 32.7. The van der Waals surface area contributed by atoms with Crippen LogP contribution in [0.2, 0.25) is 5.02 Å². The average Bonchev–Trinajstić information content (AvgIpc) is 3.14. The van der Waals surface area contributed by atoms with Crippen molar-refractivity contribution in [1.82, 2.24) is 15.5 Å². The van der Waals surface area contributed by atoms with Crippen LogP contribution in [-0.2, 0) is 30.3 Å². The molecule has 4 N–H and O–H groups in total. The predicted molar refractivity (Wildman–Crippen MR) is 214 cm³/mol. The van der Waals surface area contributed by atoms with E-state index in [2.05, 4.69) is 10.6 Å². The predicted octanol–water partition coefficient (Wildman–Crippen LogP) is 6.98. The second kappa shape index (κ2) is 18.6. The summed E-state index contributed by atoms with van der Waals surface area (Å²) in [6, 6.07) is 20.3. The first-order chi connectivity index (χ1) is 26.7. The third kappa shape index (κ3) is 11.9. The van der Waals surface area contributed by atoms with Gasteiger partial charge in [0.15, 0.2) is 5.78 Å². The van der Waals surface area contributed by atoms with E-state index in [0.29, 0.717) is 10.6 Å². The lowest BCUT2D eigenvalue weighted by Crippen LogP contribution is -2.48. The number of carbonyl (C=O) groups excluding carboxylic acids is 5. The van der Waals surface area contributed by atoms with Crippen molar-refractivity contribution >= 4 is 47.2 Å². The van der Waals surface area contributed by atoms with Gasteiger partial charge in [-0.25, -0.2) is 4.79 Å². The number of halogens is 1. The number of nitrogens with one attached hydrogen (secondary N) is 2. The molecule has 14 heteroatoms. The number of ether oxygens (including phenoxy) is 2. The molecular weight excluding hydrogens is 754 g/mol. The molecule has 0 saturated carbocycles. The van der Waals surface area contributed by atoms with Crippen molar-refractivity contribution in [2.45, 2.75) is 65.6 Å². The lowest BCUT2D eigenvalue weighted by atomic mass is 9.93. The first-order valence-corrected chi connectivity index (χ1v) is 18.4. The smallest absolute Gasteiger partial charge is 0.507 e. The summed E-state index contributed by atoms with van der Waals surface area (Å²) in [4.78, 5) is 78.5. The van der Waals surface area contributed by atoms with Gasteiger partial charge in [0.1, 0.15) is 23.1 Å². The maximum Gasteiger partial charge on any atom is 0.514 e. The summed E-state index contributed by atoms with van der Waals surface area (Å²) >= 11 is 6.00. The number of phenols is 1. The molecule has 0 bridgehead atoms. The molecule has 4 rings (SSSR count). The standard InChI is InChI=1S/C43H46ClN3O10/c1-24(41(53)54)20-27-8-18-35(49)33(21-27)34-22-31(15-19-36(34)56-42(55)57-43(4,5)6)38(40(52)46-25(2)26(3)48)47(7)37(50)23-45-39(51)30-11-9-28(10-12-30)29-13-16-32(44)17-14-29/h8-19,21-22,24-25,38,49H,20,23H2,1-7H3,(H,45,51)(H,46,52)(H,53,54)/t24?,25-,38?/m0/s1. The average molecular weight is 800 g/mol. The molecule has 0 aromatic heterocycles. The highest BCUT2D eigenvalue weighted by Crippen LogP contribution is 2.40. The number of benzene rings is 4. The Labute approximate surface area is 335 Å². The number of nitrogens with zero attached hydrogens (tertiary/aromatic N) is 1. The molecule has 0 spiro atoms. The number of hydrogen-bond donors (Lipinski definition) is 4. The minimum atomic E-state index is -1.40. The van der Waals surface area contributed by atoms with Gasteiger partial charge in [0, 0.05) is 28.8 Å². The summed E-state index contributed by atoms with van der Waals surface area (Å²) in [5.74, 6) is -4.41. The number of aliphatic carboxylic acids is 1. The molecule has 57 heavy (non-hydrogen) atoms. The first-order valence-electron chi connectivity index (χ1n) is 18.0. The van der Waals surface area contributed by atoms with E-state index in [0.717, 1.165) is 16.0 Å². The maximum absolute atomic E-state index is 13.9. The number of likely N-dealkylation sites (N-methyl/N-ethyl adjacent to an activating group) is 1. The highest BCUT2D eigenvalue weighted by atomic mass is 35.5. The van der Waals surface area contributed by atoms with Crippen molar-refractivity contribution in [2.24, 2.45) is 5.92 Å². The largest absolute Gasteiger partial charge is 0.514 e. The molecule has 4 aromatic carbocycles. The number of hydrogen-bond acceptors (Lipinski definition) is 9. The molecule has 0 radical (unpaired) electrons. The number of Topliss-reactive ketones (excluding diaryl/α,β-unsaturated/α-hetero) is 1. The quantitative estimate of drug-likeness (QED) is 0.0765. The molecule has 13 nitrogen and oxygen atoms in total. The highest BCUT2D eigenvalue weighted by molar-refractivity contribution is 6.30. The fourth-order valence-electron chi connectivity index (χ4n) is 5.67. The van der Waals surface area contributed by atoms with Crippen molar-refractivity contribution in [3.05, 3.63) is 107 Å². The highest BCUT2D eigenvalue weighted by Gasteiger charge is 2.32. The van der Waals surface area contributed by atoms with Gasteiger partial charge < -0.3 is 35.2 Å². The van der Waals surface area contributed by atoms with Crippen LogP contribution in [-0.4, -0.2) is 76.0 Å². The van der Waals surface area contributed by atoms with Crippen molar-refractivity contribution in [2.75, 3.05) is 13.6 Å². The Morgan fingerprint density at radius 1 is 0.842 bits per heavy atom. The van der Waals surface area contributed by atoms with Crippen LogP contribution in [0.4, 0.5) is 4.79 Å². The summed E-state index contributed by atoms with van der Waals surface area (Å²) < 4.78 is 10.9. The van der Waals surface area contributed by atoms with Crippen LogP contribution in [0.15, 0.2) is 84.9 Å². The topological polar surface area (TPSA) is 189 Å². The Morgan fingerprint density at radius 2 is 1.46 bits per heavy atom. The van der Waals surface area contributed by atoms with Crippen LogP contribution in [0.3, 0.4) is 0 Å². The SMILES string of the molecule is CC(=O)[C@H](C)NC(=O)C(c1ccc(OC(=O)OC(C)(C)C)c(-c2cc(CC(C)C(=O)O)ccc2O)c1)N(C)C(=O)CNC(=O)c1ccc(-c2ccc(Cl)cc2)cc1. The molecule has 0 heterocycles. The number of carbonyl (C=O) groups is 6. The molecule has 3 atom stereocenters. The van der Waals surface area contributed by atoms with Crippen molar-refractivity contribution in [1.29, 1.82) is 0 Å². The van der Waals surface area contributed by atoms with Crippen LogP contribution in [0.1, 0.15) is 69.1 Å². The number of aromatic hydroxyl groups is 1. The molecule has 3 amide bonds. The van der Waals surface area contributed by atoms with Gasteiger partial charge in [-0.15, -0.1) is 0 Å². The van der Waals surface area contributed by atoms with E-state index in [1.54, 1.807) is 63.2 Å². The van der Waals surface area contributed by atoms with Gasteiger partial charge in [0.2, 0.25) is 11.8 Å². The normalized spacial score (nSPS) is 12.7. The molecule has 4 aromatic rings. The fraction of sp³-hybridized carbons (Fsp3) is 0.302. The third-order valence-electron chi connectivity index (χ3n) is 8.94. The van der Waals surface area contributed by atoms with Crippen molar-refractivity contribution in [3.8, 4) is 33.8 Å². The molecule has 0 saturated heterocycles.